The first-order valence-electron chi connectivity index (χ1n) is 6.54. The summed E-state index contributed by atoms with van der Waals surface area (Å²) in [6.45, 7) is 8.61. The molecule has 4 nitrogen and oxygen atoms in total. The smallest absolute Gasteiger partial charge is 0.217 e. The van der Waals surface area contributed by atoms with Crippen molar-refractivity contribution in [1.29, 1.82) is 0 Å². The highest BCUT2D eigenvalue weighted by molar-refractivity contribution is 5.73. The number of hydrogen-bond acceptors (Lipinski definition) is 3. The number of aliphatic hydroxyl groups is 1. The van der Waals surface area contributed by atoms with E-state index in [0.29, 0.717) is 18.9 Å². The lowest BCUT2D eigenvalue weighted by molar-refractivity contribution is -0.119. The van der Waals surface area contributed by atoms with Crippen LogP contribution in [-0.2, 0) is 4.79 Å². The average Bonchev–Trinajstić information content (AvgIpc) is 2.19. The maximum Gasteiger partial charge on any atom is 0.217 e. The fourth-order valence-electron chi connectivity index (χ4n) is 2.27. The molecule has 1 fully saturated rings. The Hall–Kier alpha value is -0.610. The summed E-state index contributed by atoms with van der Waals surface area (Å²) >= 11 is 0. The summed E-state index contributed by atoms with van der Waals surface area (Å²) in [4.78, 5) is 13.1. The Morgan fingerprint density at radius 3 is 2.41 bits per heavy atom. The Labute approximate surface area is 104 Å². The molecule has 1 aliphatic rings. The molecule has 0 spiro atoms. The van der Waals surface area contributed by atoms with Crippen molar-refractivity contribution in [2.75, 3.05) is 19.6 Å². The molecule has 0 bridgehead atoms. The van der Waals surface area contributed by atoms with Gasteiger partial charge in [-0.3, -0.25) is 4.79 Å². The third-order valence-corrected chi connectivity index (χ3v) is 3.98. The summed E-state index contributed by atoms with van der Waals surface area (Å²) in [7, 11) is 0. The highest BCUT2D eigenvalue weighted by Gasteiger charge is 2.30. The molecule has 1 unspecified atom stereocenters. The molecule has 0 radical (unpaired) electrons. The molecule has 0 aromatic rings. The third kappa shape index (κ3) is 4.64. The van der Waals surface area contributed by atoms with Gasteiger partial charge in [0.05, 0.1) is 5.60 Å². The predicted octanol–water partition coefficient (Wildman–Crippen LogP) is 0.981. The second-order valence-corrected chi connectivity index (χ2v) is 5.90. The van der Waals surface area contributed by atoms with Crippen LogP contribution >= 0.6 is 0 Å². The molecule has 1 aliphatic heterocycles. The van der Waals surface area contributed by atoms with Crippen LogP contribution in [0.3, 0.4) is 0 Å². The number of carbonyl (C=O) groups is 1. The van der Waals surface area contributed by atoms with Gasteiger partial charge in [-0.25, -0.2) is 0 Å². The molecule has 0 aromatic heterocycles. The van der Waals surface area contributed by atoms with Crippen molar-refractivity contribution in [2.45, 2.75) is 45.6 Å². The van der Waals surface area contributed by atoms with E-state index < -0.39 is 5.60 Å². The van der Waals surface area contributed by atoms with Crippen LogP contribution in [0.2, 0.25) is 0 Å². The SMILES string of the molecule is CC(C)C(C)(O)CN1CCC(CC(N)=O)CC1. The van der Waals surface area contributed by atoms with Gasteiger partial charge in [-0.2, -0.15) is 0 Å². The lowest BCUT2D eigenvalue weighted by atomic mass is 9.89. The van der Waals surface area contributed by atoms with Gasteiger partial charge in [-0.15, -0.1) is 0 Å². The van der Waals surface area contributed by atoms with Crippen LogP contribution < -0.4 is 5.73 Å². The van der Waals surface area contributed by atoms with Crippen molar-refractivity contribution in [3.8, 4) is 0 Å². The van der Waals surface area contributed by atoms with Crippen LogP contribution in [0.5, 0.6) is 0 Å². The highest BCUT2D eigenvalue weighted by Crippen LogP contribution is 2.24. The number of carbonyl (C=O) groups excluding carboxylic acids is 1. The van der Waals surface area contributed by atoms with Crippen molar-refractivity contribution < 1.29 is 9.90 Å². The van der Waals surface area contributed by atoms with E-state index in [1.54, 1.807) is 0 Å². The Kier molecular flexibility index (Phi) is 4.95. The topological polar surface area (TPSA) is 66.6 Å². The third-order valence-electron chi connectivity index (χ3n) is 3.98. The Morgan fingerprint density at radius 2 is 2.00 bits per heavy atom. The first-order valence-corrected chi connectivity index (χ1v) is 6.54. The van der Waals surface area contributed by atoms with Crippen molar-refractivity contribution >= 4 is 5.91 Å². The summed E-state index contributed by atoms with van der Waals surface area (Å²) in [5, 5.41) is 10.2. The summed E-state index contributed by atoms with van der Waals surface area (Å²) < 4.78 is 0. The summed E-state index contributed by atoms with van der Waals surface area (Å²) in [6, 6.07) is 0. The van der Waals surface area contributed by atoms with E-state index in [4.69, 9.17) is 5.73 Å². The second-order valence-electron chi connectivity index (χ2n) is 5.90. The van der Waals surface area contributed by atoms with Crippen molar-refractivity contribution in [1.82, 2.24) is 4.90 Å². The van der Waals surface area contributed by atoms with Crippen LogP contribution in [0.1, 0.15) is 40.0 Å². The number of piperidine rings is 1. The van der Waals surface area contributed by atoms with Crippen LogP contribution in [0, 0.1) is 11.8 Å². The number of β-amino-alcohol motifs (C(OH)–C–C–N with tert-alkyl or cyclic N) is 1. The van der Waals surface area contributed by atoms with Gasteiger partial charge in [0.1, 0.15) is 0 Å². The normalized spacial score (nSPS) is 22.6. The Bertz CT molecular complexity index is 256. The number of hydrogen-bond donors (Lipinski definition) is 2. The minimum absolute atomic E-state index is 0.197. The largest absolute Gasteiger partial charge is 0.389 e. The molecular formula is C13H26N2O2. The Balaban J connectivity index is 2.35. The molecule has 1 amide bonds. The summed E-state index contributed by atoms with van der Waals surface area (Å²) in [5.41, 5.74) is 4.58. The first kappa shape index (κ1) is 14.5. The van der Waals surface area contributed by atoms with E-state index in [1.807, 2.05) is 20.8 Å². The lowest BCUT2D eigenvalue weighted by Crippen LogP contribution is -2.47. The van der Waals surface area contributed by atoms with Crippen LogP contribution in [0.25, 0.3) is 0 Å². The Morgan fingerprint density at radius 1 is 1.47 bits per heavy atom. The predicted molar refractivity (Wildman–Crippen MR) is 68.4 cm³/mol. The maximum absolute atomic E-state index is 10.8. The fourth-order valence-corrected chi connectivity index (χ4v) is 2.27. The number of nitrogens with two attached hydrogens (primary N) is 1. The minimum atomic E-state index is -0.628. The molecule has 1 heterocycles. The maximum atomic E-state index is 10.8. The zero-order chi connectivity index (χ0) is 13.1. The highest BCUT2D eigenvalue weighted by atomic mass is 16.3. The van der Waals surface area contributed by atoms with E-state index in [1.165, 1.54) is 0 Å². The van der Waals surface area contributed by atoms with E-state index >= 15 is 0 Å². The second kappa shape index (κ2) is 5.83. The number of rotatable bonds is 5. The number of primary amides is 1. The zero-order valence-electron chi connectivity index (χ0n) is 11.3. The van der Waals surface area contributed by atoms with Gasteiger partial charge in [0.2, 0.25) is 5.91 Å². The quantitative estimate of drug-likeness (QED) is 0.755. The van der Waals surface area contributed by atoms with Crippen molar-refractivity contribution in [3.63, 3.8) is 0 Å². The molecule has 1 saturated heterocycles. The number of likely N-dealkylation sites (tertiary alicyclic amines) is 1. The van der Waals surface area contributed by atoms with Gasteiger partial charge >= 0.3 is 0 Å². The van der Waals surface area contributed by atoms with Crippen LogP contribution in [-0.4, -0.2) is 41.1 Å². The van der Waals surface area contributed by atoms with Gasteiger partial charge in [-0.1, -0.05) is 13.8 Å². The molecule has 0 aliphatic carbocycles. The molecule has 100 valence electrons. The van der Waals surface area contributed by atoms with E-state index in [-0.39, 0.29) is 11.8 Å². The molecular weight excluding hydrogens is 216 g/mol. The molecule has 1 rings (SSSR count). The number of nitrogens with zero attached hydrogens (tertiary/aromatic N) is 1. The standard InChI is InChI=1S/C13H26N2O2/c1-10(2)13(3,17)9-15-6-4-11(5-7-15)8-12(14)16/h10-11,17H,4-9H2,1-3H3,(H2,14,16). The monoisotopic (exact) mass is 242 g/mol. The van der Waals surface area contributed by atoms with E-state index in [9.17, 15) is 9.90 Å². The summed E-state index contributed by atoms with van der Waals surface area (Å²) in [5.74, 6) is 0.496. The first-order chi connectivity index (χ1) is 7.81. The molecule has 1 atom stereocenters. The van der Waals surface area contributed by atoms with Gasteiger partial charge in [0, 0.05) is 13.0 Å². The van der Waals surface area contributed by atoms with E-state index in [2.05, 4.69) is 4.90 Å². The molecule has 0 saturated carbocycles. The van der Waals surface area contributed by atoms with Gasteiger partial charge < -0.3 is 15.7 Å². The van der Waals surface area contributed by atoms with Gasteiger partial charge in [0.25, 0.3) is 0 Å². The van der Waals surface area contributed by atoms with E-state index in [0.717, 1.165) is 25.9 Å². The lowest BCUT2D eigenvalue weighted by Gasteiger charge is -2.38. The van der Waals surface area contributed by atoms with Crippen LogP contribution in [0.15, 0.2) is 0 Å². The molecule has 0 aromatic carbocycles. The minimum Gasteiger partial charge on any atom is -0.389 e. The van der Waals surface area contributed by atoms with Gasteiger partial charge in [-0.05, 0) is 44.7 Å². The van der Waals surface area contributed by atoms with Crippen molar-refractivity contribution in [2.24, 2.45) is 17.6 Å². The fraction of sp³-hybridized carbons (Fsp3) is 0.923. The summed E-state index contributed by atoms with van der Waals surface area (Å²) in [6.07, 6.45) is 2.53. The molecule has 17 heavy (non-hydrogen) atoms. The zero-order valence-corrected chi connectivity index (χ0v) is 11.3. The molecule has 4 heteroatoms. The average molecular weight is 242 g/mol. The number of amides is 1. The van der Waals surface area contributed by atoms with Gasteiger partial charge in [0.15, 0.2) is 0 Å². The van der Waals surface area contributed by atoms with Crippen molar-refractivity contribution in [3.05, 3.63) is 0 Å². The van der Waals surface area contributed by atoms with Crippen LogP contribution in [0.4, 0.5) is 0 Å². The molecule has 3 N–H and O–H groups in total.